The Morgan fingerprint density at radius 1 is 1.28 bits per heavy atom. The zero-order chi connectivity index (χ0) is 13.4. The second-order valence-corrected chi connectivity index (χ2v) is 4.13. The Hall–Kier alpha value is -1.26. The van der Waals surface area contributed by atoms with E-state index in [1.807, 2.05) is 18.2 Å². The van der Waals surface area contributed by atoms with Crippen molar-refractivity contribution in [2.24, 2.45) is 0 Å². The van der Waals surface area contributed by atoms with Crippen molar-refractivity contribution in [3.63, 3.8) is 0 Å². The molecule has 0 aromatic heterocycles. The van der Waals surface area contributed by atoms with E-state index in [0.29, 0.717) is 6.42 Å². The Bertz CT molecular complexity index is 355. The first-order valence-corrected chi connectivity index (χ1v) is 6.33. The molecule has 0 aliphatic rings. The van der Waals surface area contributed by atoms with Gasteiger partial charge in [0.2, 0.25) is 0 Å². The third kappa shape index (κ3) is 3.89. The Labute approximate surface area is 109 Å². The van der Waals surface area contributed by atoms with Gasteiger partial charge in [0.15, 0.2) is 0 Å². The fourth-order valence-corrected chi connectivity index (χ4v) is 1.93. The van der Waals surface area contributed by atoms with Crippen LogP contribution < -0.4 is 14.8 Å². The number of methoxy groups -OCH3 is 2. The van der Waals surface area contributed by atoms with E-state index in [1.165, 1.54) is 0 Å². The van der Waals surface area contributed by atoms with E-state index < -0.39 is 0 Å². The van der Waals surface area contributed by atoms with Crippen LogP contribution in [0.15, 0.2) is 18.2 Å². The zero-order valence-electron chi connectivity index (χ0n) is 11.4. The average Bonchev–Trinajstić information content (AvgIpc) is 2.42. The number of aliphatic hydroxyl groups is 1. The van der Waals surface area contributed by atoms with Crippen LogP contribution in [0.25, 0.3) is 0 Å². The lowest BCUT2D eigenvalue weighted by atomic mass is 10.0. The molecule has 0 bridgehead atoms. The number of aliphatic hydroxyl groups excluding tert-OH is 1. The Morgan fingerprint density at radius 3 is 2.61 bits per heavy atom. The van der Waals surface area contributed by atoms with Gasteiger partial charge in [-0.1, -0.05) is 6.92 Å². The number of ether oxygens (including phenoxy) is 2. The standard InChI is InChI=1S/C14H23NO3/c1-4-8-15-13(7-9-16)12-10-11(17-2)5-6-14(12)18-3/h5-6,10,13,15-16H,4,7-9H2,1-3H3. The summed E-state index contributed by atoms with van der Waals surface area (Å²) in [7, 11) is 3.30. The second-order valence-electron chi connectivity index (χ2n) is 4.13. The van der Waals surface area contributed by atoms with E-state index in [9.17, 15) is 5.11 Å². The van der Waals surface area contributed by atoms with Crippen LogP contribution in [-0.4, -0.2) is 32.5 Å². The molecule has 0 saturated heterocycles. The average molecular weight is 253 g/mol. The Morgan fingerprint density at radius 2 is 2.06 bits per heavy atom. The number of hydrogen-bond acceptors (Lipinski definition) is 4. The van der Waals surface area contributed by atoms with Gasteiger partial charge in [-0.3, -0.25) is 0 Å². The van der Waals surface area contributed by atoms with Gasteiger partial charge < -0.3 is 19.9 Å². The van der Waals surface area contributed by atoms with Crippen LogP contribution in [-0.2, 0) is 0 Å². The van der Waals surface area contributed by atoms with Gasteiger partial charge in [0, 0.05) is 18.2 Å². The molecule has 0 aliphatic carbocycles. The van der Waals surface area contributed by atoms with E-state index in [1.54, 1.807) is 14.2 Å². The first-order chi connectivity index (χ1) is 8.76. The van der Waals surface area contributed by atoms with Gasteiger partial charge in [-0.25, -0.2) is 0 Å². The summed E-state index contributed by atoms with van der Waals surface area (Å²) >= 11 is 0. The smallest absolute Gasteiger partial charge is 0.123 e. The van der Waals surface area contributed by atoms with Crippen molar-refractivity contribution in [3.8, 4) is 11.5 Å². The summed E-state index contributed by atoms with van der Waals surface area (Å²) in [6.45, 7) is 3.17. The highest BCUT2D eigenvalue weighted by Crippen LogP contribution is 2.30. The number of benzene rings is 1. The molecule has 0 spiro atoms. The maximum absolute atomic E-state index is 9.18. The molecule has 0 fully saturated rings. The van der Waals surface area contributed by atoms with Crippen molar-refractivity contribution >= 4 is 0 Å². The first kappa shape index (κ1) is 14.8. The molecule has 0 saturated carbocycles. The van der Waals surface area contributed by atoms with E-state index in [4.69, 9.17) is 9.47 Å². The zero-order valence-corrected chi connectivity index (χ0v) is 11.4. The molecule has 4 heteroatoms. The van der Waals surface area contributed by atoms with Gasteiger partial charge in [0.25, 0.3) is 0 Å². The number of rotatable bonds is 8. The second kappa shape index (κ2) is 7.95. The largest absolute Gasteiger partial charge is 0.497 e. The van der Waals surface area contributed by atoms with Crippen molar-refractivity contribution in [2.45, 2.75) is 25.8 Å². The predicted octanol–water partition coefficient (Wildman–Crippen LogP) is 2.13. The lowest BCUT2D eigenvalue weighted by Crippen LogP contribution is -2.23. The molecule has 1 rings (SSSR count). The van der Waals surface area contributed by atoms with Gasteiger partial charge in [0.1, 0.15) is 11.5 Å². The summed E-state index contributed by atoms with van der Waals surface area (Å²) in [6.07, 6.45) is 1.71. The van der Waals surface area contributed by atoms with E-state index in [2.05, 4.69) is 12.2 Å². The van der Waals surface area contributed by atoms with Gasteiger partial charge in [-0.05, 0) is 37.6 Å². The summed E-state index contributed by atoms with van der Waals surface area (Å²) in [5, 5.41) is 12.6. The highest BCUT2D eigenvalue weighted by atomic mass is 16.5. The Kier molecular flexibility index (Phi) is 6.54. The minimum atomic E-state index is 0.0833. The van der Waals surface area contributed by atoms with Crippen LogP contribution in [0, 0.1) is 0 Å². The van der Waals surface area contributed by atoms with Crippen molar-refractivity contribution < 1.29 is 14.6 Å². The van der Waals surface area contributed by atoms with Crippen LogP contribution in [0.3, 0.4) is 0 Å². The Balaban J connectivity index is 2.98. The molecule has 2 N–H and O–H groups in total. The monoisotopic (exact) mass is 253 g/mol. The lowest BCUT2D eigenvalue weighted by Gasteiger charge is -2.21. The molecule has 1 aromatic rings. The van der Waals surface area contributed by atoms with Crippen LogP contribution >= 0.6 is 0 Å². The SMILES string of the molecule is CCCNC(CCO)c1cc(OC)ccc1OC. The quantitative estimate of drug-likeness (QED) is 0.745. The minimum Gasteiger partial charge on any atom is -0.497 e. The number of nitrogens with one attached hydrogen (secondary N) is 1. The normalized spacial score (nSPS) is 12.2. The van der Waals surface area contributed by atoms with E-state index in [0.717, 1.165) is 30.0 Å². The molecule has 4 nitrogen and oxygen atoms in total. The fraction of sp³-hybridized carbons (Fsp3) is 0.571. The molecule has 1 atom stereocenters. The molecule has 0 radical (unpaired) electrons. The van der Waals surface area contributed by atoms with Crippen LogP contribution in [0.2, 0.25) is 0 Å². The van der Waals surface area contributed by atoms with Crippen LogP contribution in [0.4, 0.5) is 0 Å². The van der Waals surface area contributed by atoms with Crippen LogP contribution in [0.5, 0.6) is 11.5 Å². The molecule has 1 aromatic carbocycles. The van der Waals surface area contributed by atoms with E-state index >= 15 is 0 Å². The predicted molar refractivity (Wildman–Crippen MR) is 72.3 cm³/mol. The fourth-order valence-electron chi connectivity index (χ4n) is 1.93. The third-order valence-corrected chi connectivity index (χ3v) is 2.87. The summed E-state index contributed by atoms with van der Waals surface area (Å²) in [4.78, 5) is 0. The summed E-state index contributed by atoms with van der Waals surface area (Å²) in [5.74, 6) is 1.62. The van der Waals surface area contributed by atoms with Crippen molar-refractivity contribution in [1.82, 2.24) is 5.32 Å². The summed E-state index contributed by atoms with van der Waals surface area (Å²) in [6, 6.07) is 5.81. The summed E-state index contributed by atoms with van der Waals surface area (Å²) in [5.41, 5.74) is 1.03. The van der Waals surface area contributed by atoms with Gasteiger partial charge in [0.05, 0.1) is 14.2 Å². The molecule has 18 heavy (non-hydrogen) atoms. The van der Waals surface area contributed by atoms with Crippen molar-refractivity contribution in [1.29, 1.82) is 0 Å². The highest BCUT2D eigenvalue weighted by molar-refractivity contribution is 5.42. The lowest BCUT2D eigenvalue weighted by molar-refractivity contribution is 0.263. The molecule has 0 heterocycles. The molecule has 0 aliphatic heterocycles. The minimum absolute atomic E-state index is 0.0833. The molecule has 0 amide bonds. The van der Waals surface area contributed by atoms with E-state index in [-0.39, 0.29) is 12.6 Å². The molecule has 1 unspecified atom stereocenters. The maximum atomic E-state index is 9.18. The molecule has 102 valence electrons. The first-order valence-electron chi connectivity index (χ1n) is 6.33. The maximum Gasteiger partial charge on any atom is 0.123 e. The van der Waals surface area contributed by atoms with Gasteiger partial charge in [-0.2, -0.15) is 0 Å². The third-order valence-electron chi connectivity index (χ3n) is 2.87. The van der Waals surface area contributed by atoms with Crippen LogP contribution in [0.1, 0.15) is 31.4 Å². The van der Waals surface area contributed by atoms with Crippen molar-refractivity contribution in [2.75, 3.05) is 27.4 Å². The topological polar surface area (TPSA) is 50.7 Å². The van der Waals surface area contributed by atoms with Gasteiger partial charge >= 0.3 is 0 Å². The highest BCUT2D eigenvalue weighted by Gasteiger charge is 2.16. The van der Waals surface area contributed by atoms with Gasteiger partial charge in [-0.15, -0.1) is 0 Å². The number of hydrogen-bond donors (Lipinski definition) is 2. The summed E-state index contributed by atoms with van der Waals surface area (Å²) < 4.78 is 10.6. The molecular formula is C14H23NO3. The van der Waals surface area contributed by atoms with Crippen molar-refractivity contribution in [3.05, 3.63) is 23.8 Å². The molecular weight excluding hydrogens is 230 g/mol.